The average molecular weight is 318 g/mol. The number of carbonyl (C=O) groups excluding carboxylic acids is 1. The number of carbonyl (C=O) groups is 1. The van der Waals surface area contributed by atoms with E-state index in [2.05, 4.69) is 6.92 Å². The Morgan fingerprint density at radius 2 is 2.00 bits per heavy atom. The van der Waals surface area contributed by atoms with Crippen molar-refractivity contribution in [1.82, 2.24) is 4.90 Å². The molecule has 23 heavy (non-hydrogen) atoms. The molecule has 2 rings (SSSR count). The van der Waals surface area contributed by atoms with E-state index in [0.717, 1.165) is 23.6 Å². The maximum Gasteiger partial charge on any atom is 0.410 e. The van der Waals surface area contributed by atoms with Gasteiger partial charge >= 0.3 is 6.09 Å². The van der Waals surface area contributed by atoms with Gasteiger partial charge in [0.2, 0.25) is 0 Å². The molecule has 0 unspecified atom stereocenters. The second-order valence-corrected chi connectivity index (χ2v) is 7.69. The van der Waals surface area contributed by atoms with E-state index in [1.165, 1.54) is 19.3 Å². The molecule has 0 saturated heterocycles. The van der Waals surface area contributed by atoms with Gasteiger partial charge in [0.25, 0.3) is 0 Å². The normalized spacial score (nSPS) is 16.5. The highest BCUT2D eigenvalue weighted by atomic mass is 16.6. The molecule has 1 aliphatic rings. The van der Waals surface area contributed by atoms with Crippen molar-refractivity contribution >= 4 is 11.8 Å². The van der Waals surface area contributed by atoms with Crippen LogP contribution in [0.5, 0.6) is 0 Å². The number of hydrogen-bond acceptors (Lipinski definition) is 3. The Bertz CT molecular complexity index is 532. The third-order valence-corrected chi connectivity index (χ3v) is 4.46. The summed E-state index contributed by atoms with van der Waals surface area (Å²) in [6.45, 7) is 8.31. The molecule has 0 aromatic heterocycles. The number of hydrogen-bond donors (Lipinski definition) is 1. The zero-order chi connectivity index (χ0) is 17.0. The molecule has 1 aliphatic carbocycles. The van der Waals surface area contributed by atoms with Gasteiger partial charge in [-0.2, -0.15) is 0 Å². The molecule has 1 aromatic carbocycles. The first-order valence-electron chi connectivity index (χ1n) is 8.59. The number of nitrogens with two attached hydrogens (primary N) is 1. The van der Waals surface area contributed by atoms with Gasteiger partial charge in [-0.3, -0.25) is 0 Å². The average Bonchev–Trinajstić information content (AvgIpc) is 2.39. The highest BCUT2D eigenvalue weighted by Crippen LogP contribution is 2.32. The van der Waals surface area contributed by atoms with Gasteiger partial charge in [0.05, 0.1) is 6.54 Å². The largest absolute Gasteiger partial charge is 0.444 e. The lowest BCUT2D eigenvalue weighted by Gasteiger charge is -2.36. The lowest BCUT2D eigenvalue weighted by molar-refractivity contribution is 0.0120. The maximum absolute atomic E-state index is 12.7. The molecule has 4 nitrogen and oxygen atoms in total. The monoisotopic (exact) mass is 318 g/mol. The van der Waals surface area contributed by atoms with Gasteiger partial charge in [-0.05, 0) is 51.7 Å². The molecule has 0 spiro atoms. The molecular weight excluding hydrogens is 288 g/mol. The number of amides is 1. The highest BCUT2D eigenvalue weighted by molar-refractivity contribution is 5.69. The van der Waals surface area contributed by atoms with Gasteiger partial charge in [0.1, 0.15) is 5.60 Å². The van der Waals surface area contributed by atoms with Gasteiger partial charge in [-0.15, -0.1) is 0 Å². The maximum atomic E-state index is 12.7. The van der Waals surface area contributed by atoms with Crippen LogP contribution in [0.25, 0.3) is 0 Å². The standard InChI is InChI=1S/C19H30N2O2/c1-14(12-15-8-7-9-15)21(18(22)23-19(2,3)4)13-16-10-5-6-11-17(16)20/h5-6,10-11,14-15H,7-9,12-13,20H2,1-4H3/t14-/m0/s1. The van der Waals surface area contributed by atoms with Crippen LogP contribution in [-0.2, 0) is 11.3 Å². The molecule has 0 heterocycles. The van der Waals surface area contributed by atoms with Gasteiger partial charge in [-0.1, -0.05) is 37.5 Å². The third-order valence-electron chi connectivity index (χ3n) is 4.46. The molecule has 0 radical (unpaired) electrons. The van der Waals surface area contributed by atoms with Crippen LogP contribution in [0.3, 0.4) is 0 Å². The second-order valence-electron chi connectivity index (χ2n) is 7.69. The van der Waals surface area contributed by atoms with Gasteiger partial charge < -0.3 is 15.4 Å². The summed E-state index contributed by atoms with van der Waals surface area (Å²) in [5.41, 5.74) is 7.25. The van der Waals surface area contributed by atoms with Crippen molar-refractivity contribution in [2.75, 3.05) is 5.73 Å². The van der Waals surface area contributed by atoms with Crippen LogP contribution < -0.4 is 5.73 Å². The molecular formula is C19H30N2O2. The minimum absolute atomic E-state index is 0.148. The summed E-state index contributed by atoms with van der Waals surface area (Å²) in [5.74, 6) is 0.739. The first-order chi connectivity index (χ1) is 10.8. The number of anilines is 1. The minimum atomic E-state index is -0.492. The Labute approximate surface area is 140 Å². The summed E-state index contributed by atoms with van der Waals surface area (Å²) >= 11 is 0. The summed E-state index contributed by atoms with van der Waals surface area (Å²) < 4.78 is 5.61. The van der Waals surface area contributed by atoms with E-state index < -0.39 is 5.60 Å². The van der Waals surface area contributed by atoms with Crippen molar-refractivity contribution < 1.29 is 9.53 Å². The molecule has 128 valence electrons. The van der Waals surface area contributed by atoms with Crippen LogP contribution in [0.4, 0.5) is 10.5 Å². The predicted octanol–water partition coefficient (Wildman–Crippen LogP) is 4.58. The van der Waals surface area contributed by atoms with Crippen molar-refractivity contribution in [3.8, 4) is 0 Å². The fraction of sp³-hybridized carbons (Fsp3) is 0.632. The SMILES string of the molecule is C[C@@H](CC1CCC1)N(Cc1ccccc1N)C(=O)OC(C)(C)C. The lowest BCUT2D eigenvalue weighted by Crippen LogP contribution is -2.43. The van der Waals surface area contributed by atoms with E-state index in [0.29, 0.717) is 6.54 Å². The van der Waals surface area contributed by atoms with Crippen molar-refractivity contribution in [3.05, 3.63) is 29.8 Å². The van der Waals surface area contributed by atoms with Gasteiger partial charge in [-0.25, -0.2) is 4.79 Å². The Hall–Kier alpha value is -1.71. The van der Waals surface area contributed by atoms with E-state index in [4.69, 9.17) is 10.5 Å². The highest BCUT2D eigenvalue weighted by Gasteiger charge is 2.29. The van der Waals surface area contributed by atoms with Crippen LogP contribution in [0.2, 0.25) is 0 Å². The minimum Gasteiger partial charge on any atom is -0.444 e. The summed E-state index contributed by atoms with van der Waals surface area (Å²) in [7, 11) is 0. The fourth-order valence-corrected chi connectivity index (χ4v) is 2.92. The van der Waals surface area contributed by atoms with Gasteiger partial charge in [0.15, 0.2) is 0 Å². The van der Waals surface area contributed by atoms with Crippen molar-refractivity contribution in [3.63, 3.8) is 0 Å². The summed E-state index contributed by atoms with van der Waals surface area (Å²) in [6, 6.07) is 7.86. The van der Waals surface area contributed by atoms with Crippen molar-refractivity contribution in [2.24, 2.45) is 5.92 Å². The quantitative estimate of drug-likeness (QED) is 0.808. The summed E-state index contributed by atoms with van der Waals surface area (Å²) in [5, 5.41) is 0. The number of nitrogen functional groups attached to an aromatic ring is 1. The van der Waals surface area contributed by atoms with Gasteiger partial charge in [0, 0.05) is 11.7 Å². The second kappa shape index (κ2) is 7.24. The van der Waals surface area contributed by atoms with Crippen molar-refractivity contribution in [2.45, 2.75) is 71.6 Å². The lowest BCUT2D eigenvalue weighted by atomic mass is 9.81. The topological polar surface area (TPSA) is 55.6 Å². The predicted molar refractivity (Wildman–Crippen MR) is 94.1 cm³/mol. The van der Waals surface area contributed by atoms with Crippen LogP contribution in [0.1, 0.15) is 58.9 Å². The molecule has 2 N–H and O–H groups in total. The van der Waals surface area contributed by atoms with E-state index in [-0.39, 0.29) is 12.1 Å². The first-order valence-corrected chi connectivity index (χ1v) is 8.59. The molecule has 0 bridgehead atoms. The molecule has 4 heteroatoms. The molecule has 1 aromatic rings. The van der Waals surface area contributed by atoms with E-state index in [9.17, 15) is 4.79 Å². The van der Waals surface area contributed by atoms with Crippen LogP contribution >= 0.6 is 0 Å². The zero-order valence-electron chi connectivity index (χ0n) is 14.8. The Kier molecular flexibility index (Phi) is 5.55. The van der Waals surface area contributed by atoms with Crippen LogP contribution in [0, 0.1) is 5.92 Å². The molecule has 1 amide bonds. The Morgan fingerprint density at radius 1 is 1.35 bits per heavy atom. The van der Waals surface area contributed by atoms with Crippen LogP contribution in [-0.4, -0.2) is 22.6 Å². The number of para-hydroxylation sites is 1. The number of benzene rings is 1. The smallest absolute Gasteiger partial charge is 0.410 e. The Morgan fingerprint density at radius 3 is 2.52 bits per heavy atom. The van der Waals surface area contributed by atoms with Crippen molar-refractivity contribution in [1.29, 1.82) is 0 Å². The summed E-state index contributed by atoms with van der Waals surface area (Å²) in [4.78, 5) is 14.5. The number of rotatable bonds is 5. The number of nitrogens with zero attached hydrogens (tertiary/aromatic N) is 1. The molecule has 1 atom stereocenters. The van der Waals surface area contributed by atoms with E-state index in [1.54, 1.807) is 0 Å². The third kappa shape index (κ3) is 5.15. The van der Waals surface area contributed by atoms with Crippen LogP contribution in [0.15, 0.2) is 24.3 Å². The van der Waals surface area contributed by atoms with E-state index >= 15 is 0 Å². The summed E-state index contributed by atoms with van der Waals surface area (Å²) in [6.07, 6.45) is 4.65. The number of ether oxygens (including phenoxy) is 1. The molecule has 1 fully saturated rings. The first kappa shape index (κ1) is 17.6. The Balaban J connectivity index is 2.12. The zero-order valence-corrected chi connectivity index (χ0v) is 14.8. The fourth-order valence-electron chi connectivity index (χ4n) is 2.92. The van der Waals surface area contributed by atoms with E-state index in [1.807, 2.05) is 49.9 Å². The molecule has 0 aliphatic heterocycles. The molecule has 1 saturated carbocycles.